The molecular formula is C21H31N7O8. The molecule has 0 saturated carbocycles. The van der Waals surface area contributed by atoms with Gasteiger partial charge in [-0.15, -0.1) is 0 Å². The van der Waals surface area contributed by atoms with Gasteiger partial charge in [0.15, 0.2) is 5.96 Å². The fourth-order valence-electron chi connectivity index (χ4n) is 2.94. The van der Waals surface area contributed by atoms with E-state index in [1.807, 2.05) is 0 Å². The summed E-state index contributed by atoms with van der Waals surface area (Å²) in [6.45, 7) is -0.417. The number of nitrogens with two attached hydrogens (primary N) is 3. The molecule has 3 amide bonds. The van der Waals surface area contributed by atoms with Crippen LogP contribution in [0, 0.1) is 0 Å². The molecule has 0 saturated heterocycles. The molecule has 15 nitrogen and oxygen atoms in total. The first-order chi connectivity index (χ1) is 16.9. The SMILES string of the molecule is NC(N)=NCCCC(NC(=O)CNC(=O)C(N)Cc1ccc(O)cc1)C(=O)NC(CC(=O)O)C(=O)O. The molecule has 0 fully saturated rings. The normalized spacial score (nSPS) is 12.9. The minimum Gasteiger partial charge on any atom is -0.508 e. The first kappa shape index (κ1) is 29.6. The fourth-order valence-corrected chi connectivity index (χ4v) is 2.94. The lowest BCUT2D eigenvalue weighted by atomic mass is 10.1. The van der Waals surface area contributed by atoms with E-state index in [9.17, 15) is 29.1 Å². The van der Waals surface area contributed by atoms with Gasteiger partial charge < -0.3 is 48.5 Å². The Kier molecular flexibility index (Phi) is 12.2. The van der Waals surface area contributed by atoms with Gasteiger partial charge >= 0.3 is 11.9 Å². The predicted molar refractivity (Wildman–Crippen MR) is 126 cm³/mol. The minimum absolute atomic E-state index is 0.0118. The molecule has 0 aliphatic rings. The molecule has 1 rings (SSSR count). The summed E-state index contributed by atoms with van der Waals surface area (Å²) in [5.41, 5.74) is 17.0. The Morgan fingerprint density at radius 2 is 1.58 bits per heavy atom. The highest BCUT2D eigenvalue weighted by Gasteiger charge is 2.28. The van der Waals surface area contributed by atoms with Crippen LogP contribution in [0.25, 0.3) is 0 Å². The molecule has 15 heteroatoms. The number of benzene rings is 1. The summed E-state index contributed by atoms with van der Waals surface area (Å²) in [4.78, 5) is 63.1. The third kappa shape index (κ3) is 11.6. The van der Waals surface area contributed by atoms with Gasteiger partial charge in [-0.1, -0.05) is 12.1 Å². The van der Waals surface area contributed by atoms with Crippen molar-refractivity contribution in [3.63, 3.8) is 0 Å². The molecule has 0 aliphatic carbocycles. The van der Waals surface area contributed by atoms with Crippen LogP contribution in [0.2, 0.25) is 0 Å². The maximum Gasteiger partial charge on any atom is 0.326 e. The van der Waals surface area contributed by atoms with Crippen molar-refractivity contribution in [2.24, 2.45) is 22.2 Å². The predicted octanol–water partition coefficient (Wildman–Crippen LogP) is -3.04. The summed E-state index contributed by atoms with van der Waals surface area (Å²) in [5, 5.41) is 34.1. The molecule has 36 heavy (non-hydrogen) atoms. The molecule has 0 radical (unpaired) electrons. The molecule has 0 bridgehead atoms. The molecule has 0 heterocycles. The van der Waals surface area contributed by atoms with Crippen LogP contribution in [-0.4, -0.2) is 82.2 Å². The number of phenols is 1. The highest BCUT2D eigenvalue weighted by Crippen LogP contribution is 2.10. The fraction of sp³-hybridized carbons (Fsp3) is 0.429. The van der Waals surface area contributed by atoms with Crippen LogP contribution in [0.5, 0.6) is 5.75 Å². The van der Waals surface area contributed by atoms with Crippen LogP contribution in [0.1, 0.15) is 24.8 Å². The van der Waals surface area contributed by atoms with Gasteiger partial charge in [0, 0.05) is 6.54 Å². The van der Waals surface area contributed by atoms with Crippen LogP contribution in [0.4, 0.5) is 0 Å². The molecule has 0 spiro atoms. The Morgan fingerprint density at radius 3 is 2.14 bits per heavy atom. The second-order valence-electron chi connectivity index (χ2n) is 7.76. The molecule has 0 aromatic heterocycles. The van der Waals surface area contributed by atoms with Crippen LogP contribution < -0.4 is 33.2 Å². The molecule has 198 valence electrons. The third-order valence-electron chi connectivity index (χ3n) is 4.74. The van der Waals surface area contributed by atoms with E-state index in [2.05, 4.69) is 20.9 Å². The number of carbonyl (C=O) groups is 5. The van der Waals surface area contributed by atoms with E-state index in [1.165, 1.54) is 12.1 Å². The lowest BCUT2D eigenvalue weighted by Crippen LogP contribution is -2.54. The van der Waals surface area contributed by atoms with E-state index in [1.54, 1.807) is 12.1 Å². The zero-order chi connectivity index (χ0) is 27.3. The summed E-state index contributed by atoms with van der Waals surface area (Å²) in [7, 11) is 0. The number of nitrogens with zero attached hydrogens (tertiary/aromatic N) is 1. The number of carbonyl (C=O) groups excluding carboxylic acids is 3. The summed E-state index contributed by atoms with van der Waals surface area (Å²) < 4.78 is 0. The number of aliphatic imine (C=N–C) groups is 1. The van der Waals surface area contributed by atoms with Crippen molar-refractivity contribution in [3.05, 3.63) is 29.8 Å². The average Bonchev–Trinajstić information content (AvgIpc) is 2.79. The third-order valence-corrected chi connectivity index (χ3v) is 4.74. The first-order valence-corrected chi connectivity index (χ1v) is 10.8. The Morgan fingerprint density at radius 1 is 0.944 bits per heavy atom. The number of carboxylic acid groups (broad SMARTS) is 2. The van der Waals surface area contributed by atoms with E-state index >= 15 is 0 Å². The highest BCUT2D eigenvalue weighted by atomic mass is 16.4. The summed E-state index contributed by atoms with van der Waals surface area (Å²) in [6.07, 6.45) is -0.521. The van der Waals surface area contributed by atoms with Gasteiger partial charge in [-0.3, -0.25) is 24.2 Å². The Labute approximate surface area is 206 Å². The van der Waals surface area contributed by atoms with Gasteiger partial charge in [-0.05, 0) is 37.0 Å². The van der Waals surface area contributed by atoms with Gasteiger partial charge in [0.2, 0.25) is 17.7 Å². The van der Waals surface area contributed by atoms with Crippen molar-refractivity contribution in [1.29, 1.82) is 0 Å². The second kappa shape index (κ2) is 14.8. The maximum absolute atomic E-state index is 12.6. The number of guanidine groups is 1. The van der Waals surface area contributed by atoms with Crippen LogP contribution >= 0.6 is 0 Å². The molecule has 12 N–H and O–H groups in total. The standard InChI is InChI=1S/C21H31N7O8/c22-13(8-11-3-5-12(29)6-4-11)18(33)26-10-16(30)27-14(2-1-7-25-21(23)24)19(34)28-15(20(35)36)9-17(31)32/h3-6,13-15,29H,1-2,7-10,22H2,(H,26,33)(H,27,30)(H,28,34)(H,31,32)(H,35,36)(H4,23,24,25). The zero-order valence-electron chi connectivity index (χ0n) is 19.3. The smallest absolute Gasteiger partial charge is 0.326 e. The number of hydrogen-bond acceptors (Lipinski definition) is 8. The summed E-state index contributed by atoms with van der Waals surface area (Å²) >= 11 is 0. The topological polar surface area (TPSA) is 273 Å². The van der Waals surface area contributed by atoms with E-state index in [0.717, 1.165) is 0 Å². The van der Waals surface area contributed by atoms with Crippen LogP contribution in [0.3, 0.4) is 0 Å². The zero-order valence-corrected chi connectivity index (χ0v) is 19.3. The monoisotopic (exact) mass is 509 g/mol. The van der Waals surface area contributed by atoms with Gasteiger partial charge in [0.05, 0.1) is 19.0 Å². The van der Waals surface area contributed by atoms with E-state index in [0.29, 0.717) is 5.56 Å². The van der Waals surface area contributed by atoms with Crippen LogP contribution in [-0.2, 0) is 30.4 Å². The number of aromatic hydroxyl groups is 1. The van der Waals surface area contributed by atoms with Gasteiger partial charge in [0.1, 0.15) is 17.8 Å². The number of hydrogen-bond donors (Lipinski definition) is 9. The van der Waals surface area contributed by atoms with Crippen molar-refractivity contribution in [2.45, 2.75) is 43.8 Å². The largest absolute Gasteiger partial charge is 0.508 e. The number of aliphatic carboxylic acids is 2. The molecule has 3 unspecified atom stereocenters. The minimum atomic E-state index is -1.72. The number of carboxylic acids is 2. The molecular weight excluding hydrogens is 478 g/mol. The maximum atomic E-state index is 12.6. The second-order valence-corrected chi connectivity index (χ2v) is 7.76. The van der Waals surface area contributed by atoms with Gasteiger partial charge in [-0.25, -0.2) is 4.79 Å². The number of amides is 3. The van der Waals surface area contributed by atoms with Crippen molar-refractivity contribution < 1.29 is 39.3 Å². The van der Waals surface area contributed by atoms with Crippen molar-refractivity contribution in [3.8, 4) is 5.75 Å². The van der Waals surface area contributed by atoms with E-state index < -0.39 is 60.8 Å². The lowest BCUT2D eigenvalue weighted by molar-refractivity contribution is -0.147. The Balaban J connectivity index is 2.72. The van der Waals surface area contributed by atoms with E-state index in [4.69, 9.17) is 27.4 Å². The van der Waals surface area contributed by atoms with E-state index in [-0.39, 0.29) is 37.5 Å². The van der Waals surface area contributed by atoms with Crippen molar-refractivity contribution >= 4 is 35.6 Å². The number of phenolic OH excluding ortho intramolecular Hbond substituents is 1. The molecule has 1 aromatic carbocycles. The Bertz CT molecular complexity index is 964. The summed E-state index contributed by atoms with van der Waals surface area (Å²) in [6, 6.07) is 2.10. The quantitative estimate of drug-likeness (QED) is 0.0651. The lowest BCUT2D eigenvalue weighted by Gasteiger charge is -2.21. The summed E-state index contributed by atoms with van der Waals surface area (Å²) in [5.74, 6) is -5.47. The average molecular weight is 510 g/mol. The van der Waals surface area contributed by atoms with Crippen molar-refractivity contribution in [1.82, 2.24) is 16.0 Å². The van der Waals surface area contributed by atoms with Gasteiger partial charge in [-0.2, -0.15) is 0 Å². The van der Waals surface area contributed by atoms with Crippen LogP contribution in [0.15, 0.2) is 29.3 Å². The number of rotatable bonds is 15. The first-order valence-electron chi connectivity index (χ1n) is 10.8. The molecule has 3 atom stereocenters. The highest BCUT2D eigenvalue weighted by molar-refractivity contribution is 5.93. The Hall–Kier alpha value is -4.40. The number of nitrogens with one attached hydrogen (secondary N) is 3. The van der Waals surface area contributed by atoms with Gasteiger partial charge in [0.25, 0.3) is 0 Å². The molecule has 0 aliphatic heterocycles. The van der Waals surface area contributed by atoms with Crippen molar-refractivity contribution in [2.75, 3.05) is 13.1 Å². The molecule has 1 aromatic rings.